The Balaban J connectivity index is 1.69. The Bertz CT molecular complexity index is 866. The second kappa shape index (κ2) is 8.30. The number of hydrogen-bond acceptors (Lipinski definition) is 5. The van der Waals surface area contributed by atoms with Crippen LogP contribution in [0.4, 0.5) is 10.6 Å². The summed E-state index contributed by atoms with van der Waals surface area (Å²) in [6, 6.07) is 10.7. The van der Waals surface area contributed by atoms with Gasteiger partial charge in [-0.1, -0.05) is 30.3 Å². The minimum Gasteiger partial charge on any atom is -0.476 e. The third-order valence-electron chi connectivity index (χ3n) is 3.78. The lowest BCUT2D eigenvalue weighted by Gasteiger charge is -2.18. The van der Waals surface area contributed by atoms with Crippen LogP contribution >= 0.6 is 0 Å². The quantitative estimate of drug-likeness (QED) is 0.605. The van der Waals surface area contributed by atoms with Crippen LogP contribution in [0.1, 0.15) is 18.5 Å². The van der Waals surface area contributed by atoms with Crippen molar-refractivity contribution in [3.8, 4) is 5.88 Å². The van der Waals surface area contributed by atoms with Crippen LogP contribution in [-0.2, 0) is 4.74 Å². The Hall–Kier alpha value is -3.13. The number of aromatic nitrogens is 3. The molecule has 8 heteroatoms. The molecule has 8 nitrogen and oxygen atoms in total. The Kier molecular flexibility index (Phi) is 5.65. The van der Waals surface area contributed by atoms with E-state index in [0.717, 1.165) is 16.5 Å². The van der Waals surface area contributed by atoms with Gasteiger partial charge in [0.05, 0.1) is 30.2 Å². The predicted molar refractivity (Wildman–Crippen MR) is 98.3 cm³/mol. The zero-order chi connectivity index (χ0) is 18.4. The number of amides is 2. The van der Waals surface area contributed by atoms with E-state index >= 15 is 0 Å². The van der Waals surface area contributed by atoms with Gasteiger partial charge in [0.15, 0.2) is 0 Å². The number of rotatable bonds is 7. The van der Waals surface area contributed by atoms with Gasteiger partial charge in [-0.15, -0.1) is 5.10 Å². The largest absolute Gasteiger partial charge is 0.476 e. The molecule has 3 aromatic rings. The topological polar surface area (TPSA) is 101 Å². The summed E-state index contributed by atoms with van der Waals surface area (Å²) in [5.74, 6) is 0.904. The number of benzene rings is 1. The number of carbonyl (C=O) groups excluding carboxylic acids is 1. The maximum absolute atomic E-state index is 12.3. The van der Waals surface area contributed by atoms with E-state index in [1.807, 2.05) is 37.3 Å². The molecular formula is C18H21N5O3. The molecule has 0 fully saturated rings. The number of H-pyrrole nitrogens is 1. The number of nitrogens with one attached hydrogen (secondary N) is 3. The second-order valence-electron chi connectivity index (χ2n) is 5.59. The lowest BCUT2D eigenvalue weighted by molar-refractivity contribution is 0.168. The maximum Gasteiger partial charge on any atom is 0.320 e. The Morgan fingerprint density at radius 1 is 1.31 bits per heavy atom. The first-order valence-corrected chi connectivity index (χ1v) is 8.29. The van der Waals surface area contributed by atoms with Crippen LogP contribution in [0.2, 0.25) is 0 Å². The van der Waals surface area contributed by atoms with E-state index in [1.165, 1.54) is 0 Å². The first kappa shape index (κ1) is 17.7. The van der Waals surface area contributed by atoms with Gasteiger partial charge in [0.25, 0.3) is 0 Å². The number of anilines is 1. The van der Waals surface area contributed by atoms with Crippen molar-refractivity contribution in [3.05, 3.63) is 48.2 Å². The first-order valence-electron chi connectivity index (χ1n) is 8.29. The molecule has 0 aliphatic rings. The molecule has 0 aliphatic heterocycles. The number of ether oxygens (including phenoxy) is 2. The van der Waals surface area contributed by atoms with E-state index < -0.39 is 0 Å². The van der Waals surface area contributed by atoms with Gasteiger partial charge >= 0.3 is 6.03 Å². The van der Waals surface area contributed by atoms with Crippen molar-refractivity contribution >= 4 is 22.8 Å². The molecule has 0 saturated carbocycles. The van der Waals surface area contributed by atoms with Gasteiger partial charge in [-0.2, -0.15) is 0 Å². The molecular weight excluding hydrogens is 334 g/mol. The minimum atomic E-state index is -0.368. The molecule has 2 aromatic heterocycles. The van der Waals surface area contributed by atoms with Crippen LogP contribution in [0.3, 0.4) is 0 Å². The van der Waals surface area contributed by atoms with Gasteiger partial charge in [-0.05, 0) is 12.5 Å². The monoisotopic (exact) mass is 355 g/mol. The molecule has 2 amide bonds. The van der Waals surface area contributed by atoms with Crippen LogP contribution < -0.4 is 15.4 Å². The summed E-state index contributed by atoms with van der Waals surface area (Å²) < 4.78 is 10.6. The van der Waals surface area contributed by atoms with Crippen LogP contribution in [0, 0.1) is 0 Å². The van der Waals surface area contributed by atoms with E-state index in [4.69, 9.17) is 9.47 Å². The number of carbonyl (C=O) groups is 1. The highest BCUT2D eigenvalue weighted by Crippen LogP contribution is 2.23. The molecule has 1 atom stereocenters. The molecule has 26 heavy (non-hydrogen) atoms. The number of urea groups is 1. The van der Waals surface area contributed by atoms with Crippen molar-refractivity contribution in [2.45, 2.75) is 13.0 Å². The molecule has 136 valence electrons. The summed E-state index contributed by atoms with van der Waals surface area (Å²) in [5.41, 5.74) is 1.69. The van der Waals surface area contributed by atoms with Gasteiger partial charge < -0.3 is 14.8 Å². The van der Waals surface area contributed by atoms with Gasteiger partial charge in [-0.25, -0.2) is 9.78 Å². The van der Waals surface area contributed by atoms with Gasteiger partial charge in [0.1, 0.15) is 5.82 Å². The van der Waals surface area contributed by atoms with Crippen molar-refractivity contribution in [1.82, 2.24) is 20.5 Å². The number of aromatic amines is 1. The molecule has 0 spiro atoms. The van der Waals surface area contributed by atoms with Gasteiger partial charge in [0, 0.05) is 19.4 Å². The summed E-state index contributed by atoms with van der Waals surface area (Å²) in [6.45, 7) is 2.77. The van der Waals surface area contributed by atoms with Crippen molar-refractivity contribution in [3.63, 3.8) is 0 Å². The summed E-state index contributed by atoms with van der Waals surface area (Å²) >= 11 is 0. The number of pyridine rings is 1. The number of methoxy groups -OCH3 is 1. The third-order valence-corrected chi connectivity index (χ3v) is 3.78. The van der Waals surface area contributed by atoms with E-state index in [9.17, 15) is 4.79 Å². The lowest BCUT2D eigenvalue weighted by Crippen LogP contribution is -2.35. The molecule has 0 bridgehead atoms. The summed E-state index contributed by atoms with van der Waals surface area (Å²) in [4.78, 5) is 16.6. The molecule has 0 radical (unpaired) electrons. The molecule has 3 rings (SSSR count). The Morgan fingerprint density at radius 2 is 2.12 bits per heavy atom. The molecule has 1 aromatic carbocycles. The van der Waals surface area contributed by atoms with E-state index in [2.05, 4.69) is 25.8 Å². The Labute approximate surface area is 150 Å². The van der Waals surface area contributed by atoms with Crippen LogP contribution in [0.5, 0.6) is 5.88 Å². The van der Waals surface area contributed by atoms with Gasteiger partial charge in [-0.3, -0.25) is 10.4 Å². The van der Waals surface area contributed by atoms with E-state index in [-0.39, 0.29) is 12.1 Å². The molecule has 0 saturated heterocycles. The van der Waals surface area contributed by atoms with Crippen molar-refractivity contribution < 1.29 is 14.3 Å². The van der Waals surface area contributed by atoms with Crippen molar-refractivity contribution in [2.24, 2.45) is 0 Å². The zero-order valence-electron chi connectivity index (χ0n) is 14.7. The average molecular weight is 355 g/mol. The predicted octanol–water partition coefficient (Wildman–Crippen LogP) is 2.87. The highest BCUT2D eigenvalue weighted by Gasteiger charge is 2.15. The SMILES string of the molecule is CCOc1n[nH]c2cc(NC(=O)NC(COC)c3ccccc3)ncc12. The zero-order valence-corrected chi connectivity index (χ0v) is 14.7. The molecule has 3 N–H and O–H groups in total. The standard InChI is InChI=1S/C18H21N5O3/c1-3-26-17-13-10-19-16(9-14(13)22-23-17)21-18(24)20-15(11-25-2)12-7-5-4-6-8-12/h4-10,15H,3,11H2,1-2H3,(H,22,23)(H2,19,20,21,24). The van der Waals surface area contributed by atoms with Crippen molar-refractivity contribution in [2.75, 3.05) is 25.6 Å². The minimum absolute atomic E-state index is 0.262. The molecule has 2 heterocycles. The first-order chi connectivity index (χ1) is 12.7. The summed E-state index contributed by atoms with van der Waals surface area (Å²) in [6.07, 6.45) is 1.61. The average Bonchev–Trinajstić information content (AvgIpc) is 3.05. The fourth-order valence-electron chi connectivity index (χ4n) is 2.59. The summed E-state index contributed by atoms with van der Waals surface area (Å²) in [7, 11) is 1.60. The highest BCUT2D eigenvalue weighted by molar-refractivity contribution is 5.92. The van der Waals surface area contributed by atoms with E-state index in [1.54, 1.807) is 19.4 Å². The summed E-state index contributed by atoms with van der Waals surface area (Å²) in [5, 5.41) is 13.3. The van der Waals surface area contributed by atoms with Crippen LogP contribution in [0.25, 0.3) is 10.9 Å². The second-order valence-corrected chi connectivity index (χ2v) is 5.59. The smallest absolute Gasteiger partial charge is 0.320 e. The normalized spacial score (nSPS) is 11.9. The lowest BCUT2D eigenvalue weighted by atomic mass is 10.1. The van der Waals surface area contributed by atoms with Gasteiger partial charge in [0.2, 0.25) is 5.88 Å². The number of hydrogen-bond donors (Lipinski definition) is 3. The number of nitrogens with zero attached hydrogens (tertiary/aromatic N) is 2. The van der Waals surface area contributed by atoms with Crippen LogP contribution in [-0.4, -0.2) is 41.5 Å². The Morgan fingerprint density at radius 3 is 2.85 bits per heavy atom. The maximum atomic E-state index is 12.3. The van der Waals surface area contributed by atoms with Crippen molar-refractivity contribution in [1.29, 1.82) is 0 Å². The van der Waals surface area contributed by atoms with Crippen LogP contribution in [0.15, 0.2) is 42.6 Å². The number of fused-ring (bicyclic) bond motifs is 1. The molecule has 1 unspecified atom stereocenters. The fourth-order valence-corrected chi connectivity index (χ4v) is 2.59. The third kappa shape index (κ3) is 4.09. The van der Waals surface area contributed by atoms with E-state index in [0.29, 0.717) is 24.9 Å². The molecule has 0 aliphatic carbocycles. The fraction of sp³-hybridized carbons (Fsp3) is 0.278. The highest BCUT2D eigenvalue weighted by atomic mass is 16.5.